The van der Waals surface area contributed by atoms with E-state index < -0.39 is 10.7 Å². The van der Waals surface area contributed by atoms with E-state index in [1.54, 1.807) is 0 Å². The standard InChI is InChI=1S/C21H17FN4O3S/c1-25(2)11-18-23-20(29-17-9-8-14(26(27)28)10-16(17)22)19-15(12-30-21(19)24-18)13-6-4-3-5-7-13/h3-10,12H,11H2,1-2H3. The van der Waals surface area contributed by atoms with E-state index in [0.717, 1.165) is 22.0 Å². The molecule has 30 heavy (non-hydrogen) atoms. The predicted molar refractivity (Wildman–Crippen MR) is 113 cm³/mol. The van der Waals surface area contributed by atoms with Crippen LogP contribution < -0.4 is 4.74 Å². The second kappa shape index (κ2) is 8.13. The molecule has 0 bridgehead atoms. The summed E-state index contributed by atoms with van der Waals surface area (Å²) in [5.41, 5.74) is 1.49. The van der Waals surface area contributed by atoms with E-state index >= 15 is 0 Å². The molecule has 0 saturated heterocycles. The summed E-state index contributed by atoms with van der Waals surface area (Å²) in [6.45, 7) is 0.480. The zero-order valence-corrected chi connectivity index (χ0v) is 17.0. The third-order valence-electron chi connectivity index (χ3n) is 4.32. The zero-order chi connectivity index (χ0) is 21.3. The van der Waals surface area contributed by atoms with Gasteiger partial charge in [0.25, 0.3) is 5.69 Å². The van der Waals surface area contributed by atoms with Crippen LogP contribution in [0, 0.1) is 15.9 Å². The summed E-state index contributed by atoms with van der Waals surface area (Å²) in [6.07, 6.45) is 0. The Kier molecular flexibility index (Phi) is 5.39. The molecule has 7 nitrogen and oxygen atoms in total. The monoisotopic (exact) mass is 424 g/mol. The highest BCUT2D eigenvalue weighted by Gasteiger charge is 2.20. The lowest BCUT2D eigenvalue weighted by Gasteiger charge is -2.12. The average Bonchev–Trinajstić information content (AvgIpc) is 3.13. The van der Waals surface area contributed by atoms with Gasteiger partial charge >= 0.3 is 0 Å². The number of nitrogens with zero attached hydrogens (tertiary/aromatic N) is 4. The SMILES string of the molecule is CN(C)Cc1nc(Oc2ccc([N+](=O)[O-])cc2F)c2c(-c3ccccc3)csc2n1. The molecule has 4 aromatic rings. The van der Waals surface area contributed by atoms with Crippen LogP contribution in [0.2, 0.25) is 0 Å². The number of ether oxygens (including phenoxy) is 1. The van der Waals surface area contributed by atoms with Gasteiger partial charge < -0.3 is 9.64 Å². The molecule has 9 heteroatoms. The molecule has 0 fully saturated rings. The topological polar surface area (TPSA) is 81.4 Å². The first-order valence-electron chi connectivity index (χ1n) is 9.02. The van der Waals surface area contributed by atoms with Crippen LogP contribution in [0.3, 0.4) is 0 Å². The van der Waals surface area contributed by atoms with Gasteiger partial charge in [0.15, 0.2) is 11.6 Å². The van der Waals surface area contributed by atoms with Crippen LogP contribution in [0.5, 0.6) is 11.6 Å². The number of aromatic nitrogens is 2. The van der Waals surface area contributed by atoms with Crippen molar-refractivity contribution in [3.8, 4) is 22.8 Å². The highest BCUT2D eigenvalue weighted by Crippen LogP contribution is 2.40. The first-order chi connectivity index (χ1) is 14.4. The second-order valence-corrected chi connectivity index (χ2v) is 7.71. The molecule has 0 saturated carbocycles. The fourth-order valence-corrected chi connectivity index (χ4v) is 3.96. The molecular formula is C21H17FN4O3S. The van der Waals surface area contributed by atoms with Crippen LogP contribution in [-0.2, 0) is 6.54 Å². The van der Waals surface area contributed by atoms with Crippen molar-refractivity contribution in [2.75, 3.05) is 14.1 Å². The molecule has 2 heterocycles. The Hall–Kier alpha value is -3.43. The number of non-ortho nitro benzene ring substituents is 1. The summed E-state index contributed by atoms with van der Waals surface area (Å²) < 4.78 is 20.3. The number of halogens is 1. The molecule has 0 aliphatic carbocycles. The van der Waals surface area contributed by atoms with Crippen LogP contribution in [0.25, 0.3) is 21.3 Å². The molecule has 0 aliphatic rings. The molecule has 0 aliphatic heterocycles. The van der Waals surface area contributed by atoms with E-state index in [-0.39, 0.29) is 17.3 Å². The Labute approximate surface area is 175 Å². The molecule has 0 N–H and O–H groups in total. The smallest absolute Gasteiger partial charge is 0.272 e. The van der Waals surface area contributed by atoms with Gasteiger partial charge in [-0.3, -0.25) is 10.1 Å². The van der Waals surface area contributed by atoms with Crippen molar-refractivity contribution in [1.82, 2.24) is 14.9 Å². The van der Waals surface area contributed by atoms with E-state index in [9.17, 15) is 14.5 Å². The van der Waals surface area contributed by atoms with E-state index in [2.05, 4.69) is 9.97 Å². The van der Waals surface area contributed by atoms with Crippen molar-refractivity contribution in [1.29, 1.82) is 0 Å². The number of hydrogen-bond acceptors (Lipinski definition) is 7. The Bertz CT molecular complexity index is 1230. The van der Waals surface area contributed by atoms with E-state index in [0.29, 0.717) is 17.8 Å². The highest BCUT2D eigenvalue weighted by atomic mass is 32.1. The van der Waals surface area contributed by atoms with Crippen molar-refractivity contribution in [3.05, 3.63) is 75.7 Å². The summed E-state index contributed by atoms with van der Waals surface area (Å²) >= 11 is 1.45. The predicted octanol–water partition coefficient (Wildman–Crippen LogP) is 5.26. The van der Waals surface area contributed by atoms with Crippen molar-refractivity contribution < 1.29 is 14.1 Å². The van der Waals surface area contributed by atoms with Gasteiger partial charge in [-0.25, -0.2) is 9.37 Å². The lowest BCUT2D eigenvalue weighted by molar-refractivity contribution is -0.385. The van der Waals surface area contributed by atoms with E-state index in [1.807, 2.05) is 54.7 Å². The number of rotatable bonds is 6. The van der Waals surface area contributed by atoms with E-state index in [4.69, 9.17) is 4.74 Å². The maximum Gasteiger partial charge on any atom is 0.272 e. The molecule has 152 valence electrons. The number of benzene rings is 2. The number of fused-ring (bicyclic) bond motifs is 1. The van der Waals surface area contributed by atoms with Crippen LogP contribution in [0.4, 0.5) is 10.1 Å². The quantitative estimate of drug-likeness (QED) is 0.310. The average molecular weight is 424 g/mol. The fourth-order valence-electron chi connectivity index (χ4n) is 3.00. The molecule has 0 spiro atoms. The number of nitro groups is 1. The van der Waals surface area contributed by atoms with E-state index in [1.165, 1.54) is 23.5 Å². The van der Waals surface area contributed by atoms with Gasteiger partial charge in [0.05, 0.1) is 22.9 Å². The first-order valence-corrected chi connectivity index (χ1v) is 9.90. The van der Waals surface area contributed by atoms with Crippen LogP contribution in [0.15, 0.2) is 53.9 Å². The third-order valence-corrected chi connectivity index (χ3v) is 5.19. The first kappa shape index (κ1) is 19.9. The molecule has 0 unspecified atom stereocenters. The molecule has 0 amide bonds. The molecular weight excluding hydrogens is 407 g/mol. The molecule has 4 rings (SSSR count). The van der Waals surface area contributed by atoms with Gasteiger partial charge in [0, 0.05) is 17.0 Å². The Morgan fingerprint density at radius 1 is 1.17 bits per heavy atom. The van der Waals surface area contributed by atoms with Crippen molar-refractivity contribution in [3.63, 3.8) is 0 Å². The van der Waals surface area contributed by atoms with Gasteiger partial charge in [-0.2, -0.15) is 4.98 Å². The maximum absolute atomic E-state index is 14.5. The molecule has 2 aromatic heterocycles. The van der Waals surface area contributed by atoms with Crippen molar-refractivity contribution in [2.45, 2.75) is 6.54 Å². The van der Waals surface area contributed by atoms with Crippen molar-refractivity contribution >= 4 is 27.2 Å². The number of thiophene rings is 1. The third kappa shape index (κ3) is 3.98. The lowest BCUT2D eigenvalue weighted by atomic mass is 10.1. The van der Waals surface area contributed by atoms with Gasteiger partial charge in [-0.05, 0) is 25.7 Å². The molecule has 2 aromatic carbocycles. The zero-order valence-electron chi connectivity index (χ0n) is 16.2. The maximum atomic E-state index is 14.5. The summed E-state index contributed by atoms with van der Waals surface area (Å²) in [5, 5.41) is 13.5. The fraction of sp³-hybridized carbons (Fsp3) is 0.143. The highest BCUT2D eigenvalue weighted by molar-refractivity contribution is 7.17. The number of nitro benzene ring substituents is 1. The van der Waals surface area contributed by atoms with Gasteiger partial charge in [0.2, 0.25) is 5.88 Å². The second-order valence-electron chi connectivity index (χ2n) is 6.85. The minimum atomic E-state index is -0.832. The molecule has 0 radical (unpaired) electrons. The largest absolute Gasteiger partial charge is 0.435 e. The summed E-state index contributed by atoms with van der Waals surface area (Å²) in [4.78, 5) is 22.0. The molecule has 0 atom stereocenters. The number of hydrogen-bond donors (Lipinski definition) is 0. The van der Waals surface area contributed by atoms with Gasteiger partial charge in [-0.15, -0.1) is 11.3 Å². The Morgan fingerprint density at radius 2 is 1.93 bits per heavy atom. The Balaban J connectivity index is 1.85. The van der Waals surface area contributed by atoms with Crippen LogP contribution in [0.1, 0.15) is 5.82 Å². The summed E-state index contributed by atoms with van der Waals surface area (Å²) in [6, 6.07) is 13.0. The van der Waals surface area contributed by atoms with Gasteiger partial charge in [0.1, 0.15) is 10.7 Å². The van der Waals surface area contributed by atoms with Crippen LogP contribution in [-0.4, -0.2) is 33.9 Å². The van der Waals surface area contributed by atoms with Gasteiger partial charge in [-0.1, -0.05) is 30.3 Å². The summed E-state index contributed by atoms with van der Waals surface area (Å²) in [5.74, 6) is -0.223. The van der Waals surface area contributed by atoms with Crippen molar-refractivity contribution in [2.24, 2.45) is 0 Å². The Morgan fingerprint density at radius 3 is 2.60 bits per heavy atom. The normalized spacial score (nSPS) is 11.2. The minimum absolute atomic E-state index is 0.137. The summed E-state index contributed by atoms with van der Waals surface area (Å²) in [7, 11) is 3.79. The minimum Gasteiger partial charge on any atom is -0.435 e. The van der Waals surface area contributed by atoms with Crippen LogP contribution >= 0.6 is 11.3 Å². The lowest BCUT2D eigenvalue weighted by Crippen LogP contribution is -2.13.